The Labute approximate surface area is 138 Å². The van der Waals surface area contributed by atoms with E-state index in [2.05, 4.69) is 6.07 Å². The second-order valence-electron chi connectivity index (χ2n) is 5.04. The van der Waals surface area contributed by atoms with Gasteiger partial charge in [0, 0.05) is 17.7 Å². The Balaban J connectivity index is 1.90. The summed E-state index contributed by atoms with van der Waals surface area (Å²) in [6, 6.07) is 21.2. The second kappa shape index (κ2) is 6.63. The number of nitro benzene ring substituents is 1. The van der Waals surface area contributed by atoms with Gasteiger partial charge < -0.3 is 4.42 Å². The van der Waals surface area contributed by atoms with Crippen molar-refractivity contribution in [1.29, 1.82) is 5.26 Å². The molecule has 0 saturated carbocycles. The molecule has 24 heavy (non-hydrogen) atoms. The summed E-state index contributed by atoms with van der Waals surface area (Å²) in [6.45, 7) is 0. The van der Waals surface area contributed by atoms with Crippen molar-refractivity contribution >= 4 is 17.3 Å². The van der Waals surface area contributed by atoms with Crippen LogP contribution in [-0.2, 0) is 0 Å². The number of hydrogen-bond acceptors (Lipinski definition) is 4. The molecule has 3 aromatic rings. The molecule has 0 aliphatic carbocycles. The van der Waals surface area contributed by atoms with Gasteiger partial charge in [-0.2, -0.15) is 5.26 Å². The van der Waals surface area contributed by atoms with E-state index in [9.17, 15) is 15.4 Å². The third-order valence-electron chi connectivity index (χ3n) is 3.48. The second-order valence-corrected chi connectivity index (χ2v) is 5.04. The molecule has 3 rings (SSSR count). The molecule has 0 radical (unpaired) electrons. The molecule has 5 heteroatoms. The maximum atomic E-state index is 10.7. The first kappa shape index (κ1) is 15.3. The van der Waals surface area contributed by atoms with Crippen LogP contribution in [0.2, 0.25) is 0 Å². The van der Waals surface area contributed by atoms with Gasteiger partial charge in [-0.3, -0.25) is 10.1 Å². The molecule has 116 valence electrons. The third kappa shape index (κ3) is 3.23. The number of allylic oxidation sites excluding steroid dienone is 1. The molecule has 2 aromatic carbocycles. The zero-order chi connectivity index (χ0) is 16.9. The van der Waals surface area contributed by atoms with Crippen LogP contribution in [0.15, 0.2) is 71.1 Å². The van der Waals surface area contributed by atoms with Gasteiger partial charge in [-0.25, -0.2) is 0 Å². The van der Waals surface area contributed by atoms with E-state index in [-0.39, 0.29) is 5.69 Å². The van der Waals surface area contributed by atoms with E-state index >= 15 is 0 Å². The summed E-state index contributed by atoms with van der Waals surface area (Å²) in [4.78, 5) is 10.2. The topological polar surface area (TPSA) is 80.1 Å². The van der Waals surface area contributed by atoms with E-state index in [4.69, 9.17) is 4.42 Å². The Bertz CT molecular complexity index is 933. The molecular weight excluding hydrogens is 304 g/mol. The van der Waals surface area contributed by atoms with Gasteiger partial charge in [0.25, 0.3) is 5.69 Å². The average molecular weight is 316 g/mol. The number of rotatable bonds is 4. The molecule has 0 spiro atoms. The number of hydrogen-bond donors (Lipinski definition) is 0. The standard InChI is InChI=1S/C19H12N2O3/c20-13-16(14-6-8-17(9-7-14)21(22)23)12-18-10-11-19(24-18)15-4-2-1-3-5-15/h1-12H. The highest BCUT2D eigenvalue weighted by atomic mass is 16.6. The molecule has 0 atom stereocenters. The van der Waals surface area contributed by atoms with Gasteiger partial charge in [0.15, 0.2) is 0 Å². The summed E-state index contributed by atoms with van der Waals surface area (Å²) in [5.74, 6) is 1.26. The maximum Gasteiger partial charge on any atom is 0.269 e. The number of nitro groups is 1. The molecule has 0 amide bonds. The largest absolute Gasteiger partial charge is 0.457 e. The smallest absolute Gasteiger partial charge is 0.269 e. The molecule has 0 aliphatic heterocycles. The first-order valence-corrected chi connectivity index (χ1v) is 7.19. The lowest BCUT2D eigenvalue weighted by Crippen LogP contribution is -1.88. The molecule has 1 heterocycles. The van der Waals surface area contributed by atoms with Gasteiger partial charge in [-0.1, -0.05) is 30.3 Å². The highest BCUT2D eigenvalue weighted by Gasteiger charge is 2.08. The van der Waals surface area contributed by atoms with Gasteiger partial charge in [-0.05, 0) is 35.9 Å². The monoisotopic (exact) mass is 316 g/mol. The third-order valence-corrected chi connectivity index (χ3v) is 3.48. The molecule has 0 unspecified atom stereocenters. The fourth-order valence-electron chi connectivity index (χ4n) is 2.27. The summed E-state index contributed by atoms with van der Waals surface area (Å²) in [5.41, 5.74) is 1.91. The predicted octanol–water partition coefficient (Wildman–Crippen LogP) is 4.92. The van der Waals surface area contributed by atoms with Gasteiger partial charge in [0.05, 0.1) is 16.6 Å². The molecule has 0 N–H and O–H groups in total. The number of furan rings is 1. The molecule has 1 aromatic heterocycles. The van der Waals surface area contributed by atoms with Crippen LogP contribution < -0.4 is 0 Å². The summed E-state index contributed by atoms with van der Waals surface area (Å²) in [5, 5.41) is 20.0. The maximum absolute atomic E-state index is 10.7. The van der Waals surface area contributed by atoms with Crippen molar-refractivity contribution in [3.63, 3.8) is 0 Å². The first-order chi connectivity index (χ1) is 11.7. The van der Waals surface area contributed by atoms with Crippen molar-refractivity contribution < 1.29 is 9.34 Å². The molecule has 0 aliphatic rings. The van der Waals surface area contributed by atoms with Crippen LogP contribution in [-0.4, -0.2) is 4.92 Å². The normalized spacial score (nSPS) is 11.0. The highest BCUT2D eigenvalue weighted by Crippen LogP contribution is 2.25. The lowest BCUT2D eigenvalue weighted by atomic mass is 10.1. The Kier molecular flexibility index (Phi) is 4.21. The van der Waals surface area contributed by atoms with Crippen molar-refractivity contribution in [2.24, 2.45) is 0 Å². The van der Waals surface area contributed by atoms with Gasteiger partial charge in [-0.15, -0.1) is 0 Å². The van der Waals surface area contributed by atoms with Gasteiger partial charge in [0.1, 0.15) is 11.5 Å². The zero-order valence-corrected chi connectivity index (χ0v) is 12.5. The molecule has 0 fully saturated rings. The van der Waals surface area contributed by atoms with E-state index in [1.54, 1.807) is 24.3 Å². The fraction of sp³-hybridized carbons (Fsp3) is 0. The molecule has 0 bridgehead atoms. The first-order valence-electron chi connectivity index (χ1n) is 7.19. The van der Waals surface area contributed by atoms with Crippen LogP contribution in [0.1, 0.15) is 11.3 Å². The number of benzene rings is 2. The van der Waals surface area contributed by atoms with Gasteiger partial charge in [0.2, 0.25) is 0 Å². The Morgan fingerprint density at radius 1 is 1.04 bits per heavy atom. The average Bonchev–Trinajstić information content (AvgIpc) is 3.09. The minimum absolute atomic E-state index is 0.0135. The van der Waals surface area contributed by atoms with Crippen molar-refractivity contribution in [1.82, 2.24) is 0 Å². The lowest BCUT2D eigenvalue weighted by molar-refractivity contribution is -0.384. The molecule has 5 nitrogen and oxygen atoms in total. The number of nitriles is 1. The van der Waals surface area contributed by atoms with E-state index in [1.165, 1.54) is 12.1 Å². The minimum Gasteiger partial charge on any atom is -0.457 e. The Morgan fingerprint density at radius 2 is 1.75 bits per heavy atom. The van der Waals surface area contributed by atoms with Crippen LogP contribution in [0.4, 0.5) is 5.69 Å². The molecular formula is C19H12N2O3. The quantitative estimate of drug-likeness (QED) is 0.389. The summed E-state index contributed by atoms with van der Waals surface area (Å²) < 4.78 is 5.75. The lowest BCUT2D eigenvalue weighted by Gasteiger charge is -1.99. The van der Waals surface area contributed by atoms with Crippen molar-refractivity contribution in [3.8, 4) is 17.4 Å². The van der Waals surface area contributed by atoms with Crippen LogP contribution in [0.5, 0.6) is 0 Å². The highest BCUT2D eigenvalue weighted by molar-refractivity contribution is 5.89. The summed E-state index contributed by atoms with van der Waals surface area (Å²) in [7, 11) is 0. The summed E-state index contributed by atoms with van der Waals surface area (Å²) in [6.07, 6.45) is 1.62. The zero-order valence-electron chi connectivity index (χ0n) is 12.5. The van der Waals surface area contributed by atoms with Crippen LogP contribution in [0, 0.1) is 21.4 Å². The molecule has 0 saturated heterocycles. The van der Waals surface area contributed by atoms with Crippen LogP contribution >= 0.6 is 0 Å². The SMILES string of the molecule is N#CC(=Cc1ccc(-c2ccccc2)o1)c1ccc([N+](=O)[O-])cc1. The number of non-ortho nitro benzene ring substituents is 1. The Hall–Kier alpha value is -3.65. The van der Waals surface area contributed by atoms with E-state index in [0.717, 1.165) is 5.56 Å². The van der Waals surface area contributed by atoms with E-state index in [0.29, 0.717) is 22.7 Å². The van der Waals surface area contributed by atoms with E-state index < -0.39 is 4.92 Å². The van der Waals surface area contributed by atoms with Crippen molar-refractivity contribution in [2.75, 3.05) is 0 Å². The summed E-state index contributed by atoms with van der Waals surface area (Å²) >= 11 is 0. The van der Waals surface area contributed by atoms with Crippen LogP contribution in [0.25, 0.3) is 23.0 Å². The van der Waals surface area contributed by atoms with Crippen LogP contribution in [0.3, 0.4) is 0 Å². The minimum atomic E-state index is -0.474. The Morgan fingerprint density at radius 3 is 2.38 bits per heavy atom. The number of nitrogens with zero attached hydrogens (tertiary/aromatic N) is 2. The van der Waals surface area contributed by atoms with Crippen molar-refractivity contribution in [3.05, 3.63) is 88.2 Å². The fourth-order valence-corrected chi connectivity index (χ4v) is 2.27. The van der Waals surface area contributed by atoms with E-state index in [1.807, 2.05) is 36.4 Å². The predicted molar refractivity (Wildman–Crippen MR) is 90.7 cm³/mol. The van der Waals surface area contributed by atoms with Gasteiger partial charge >= 0.3 is 0 Å². The van der Waals surface area contributed by atoms with Crippen molar-refractivity contribution in [2.45, 2.75) is 0 Å².